The van der Waals surface area contributed by atoms with E-state index in [2.05, 4.69) is 5.10 Å². The van der Waals surface area contributed by atoms with E-state index < -0.39 is 39.8 Å². The molecule has 12 heteroatoms. The van der Waals surface area contributed by atoms with Crippen molar-refractivity contribution in [2.24, 2.45) is 5.10 Å². The van der Waals surface area contributed by atoms with E-state index in [1.807, 2.05) is 37.3 Å². The molecule has 0 saturated carbocycles. The van der Waals surface area contributed by atoms with Crippen LogP contribution in [0, 0.1) is 0 Å². The predicted molar refractivity (Wildman–Crippen MR) is 141 cm³/mol. The lowest BCUT2D eigenvalue weighted by atomic mass is 9.76. The van der Waals surface area contributed by atoms with E-state index in [4.69, 9.17) is 11.6 Å². The molecule has 0 fully saturated rings. The van der Waals surface area contributed by atoms with Crippen LogP contribution in [0.5, 0.6) is 0 Å². The highest BCUT2D eigenvalue weighted by atomic mass is 35.5. The zero-order chi connectivity index (χ0) is 28.6. The van der Waals surface area contributed by atoms with Crippen LogP contribution in [-0.2, 0) is 22.6 Å². The van der Waals surface area contributed by atoms with Crippen LogP contribution >= 0.6 is 23.5 Å². The molecule has 1 unspecified atom stereocenters. The summed E-state index contributed by atoms with van der Waals surface area (Å²) in [5.74, 6) is -0.437. The van der Waals surface area contributed by atoms with Crippen LogP contribution in [0.4, 0.5) is 32.0 Å². The maximum absolute atomic E-state index is 13.3. The van der Waals surface area contributed by atoms with E-state index in [0.717, 1.165) is 35.7 Å². The lowest BCUT2D eigenvalue weighted by Crippen LogP contribution is -2.39. The normalized spacial score (nSPS) is 17.8. The maximum atomic E-state index is 13.3. The summed E-state index contributed by atoms with van der Waals surface area (Å²) in [6, 6.07) is 16.9. The monoisotopic (exact) mass is 585 g/mol. The van der Waals surface area contributed by atoms with E-state index >= 15 is 0 Å². The molecular weight excluding hydrogens is 564 g/mol. The fraction of sp³-hybridized carbons (Fsp3) is 0.259. The molecule has 0 N–H and O–H groups in total. The molecule has 1 aliphatic heterocycles. The van der Waals surface area contributed by atoms with Gasteiger partial charge in [0.15, 0.2) is 0 Å². The number of amides is 1. The van der Waals surface area contributed by atoms with Crippen molar-refractivity contribution in [2.45, 2.75) is 24.7 Å². The smallest absolute Gasteiger partial charge is 0.286 e. The second kappa shape index (κ2) is 10.8. The third-order valence-corrected chi connectivity index (χ3v) is 7.47. The molecule has 0 aromatic heterocycles. The number of hydrazone groups is 1. The van der Waals surface area contributed by atoms with E-state index in [1.165, 1.54) is 33.6 Å². The average Bonchev–Trinajstić information content (AvgIpc) is 3.21. The first-order valence-corrected chi connectivity index (χ1v) is 13.1. The number of hydrogen-bond donors (Lipinski definition) is 0. The number of nitrogens with zero attached hydrogens (tertiary/aromatic N) is 3. The number of alkyl halides is 6. The van der Waals surface area contributed by atoms with Gasteiger partial charge in [-0.05, 0) is 60.8 Å². The van der Waals surface area contributed by atoms with Gasteiger partial charge < -0.3 is 0 Å². The molecule has 3 aromatic carbocycles. The standard InChI is InChI=1S/C27H22ClF6N3OS/c1-25(18-6-4-3-5-7-18)16-36(35-24(25)17-8-13-21(22(28)14-17)27(32,33)34)15-23(38)37(39-2)20-11-9-19(10-12-20)26(29,30)31/h3-14H,15-16H2,1-2H3. The maximum Gasteiger partial charge on any atom is 0.417 e. The third kappa shape index (κ3) is 6.04. The van der Waals surface area contributed by atoms with Gasteiger partial charge in [-0.15, -0.1) is 0 Å². The molecule has 39 heavy (non-hydrogen) atoms. The van der Waals surface area contributed by atoms with Gasteiger partial charge in [-0.3, -0.25) is 14.1 Å². The van der Waals surface area contributed by atoms with Gasteiger partial charge in [0.1, 0.15) is 6.54 Å². The highest BCUT2D eigenvalue weighted by molar-refractivity contribution is 8.00. The van der Waals surface area contributed by atoms with Crippen molar-refractivity contribution in [3.8, 4) is 0 Å². The number of benzene rings is 3. The summed E-state index contributed by atoms with van der Waals surface area (Å²) < 4.78 is 80.0. The van der Waals surface area contributed by atoms with Crippen LogP contribution in [-0.4, -0.2) is 36.0 Å². The summed E-state index contributed by atoms with van der Waals surface area (Å²) >= 11 is 7.03. The Labute approximate surface area is 230 Å². The Balaban J connectivity index is 1.65. The van der Waals surface area contributed by atoms with E-state index in [-0.39, 0.29) is 18.8 Å². The Morgan fingerprint density at radius 3 is 2.18 bits per heavy atom. The minimum Gasteiger partial charge on any atom is -0.286 e. The largest absolute Gasteiger partial charge is 0.417 e. The second-order valence-electron chi connectivity index (χ2n) is 9.08. The molecule has 4 nitrogen and oxygen atoms in total. The fourth-order valence-corrected chi connectivity index (χ4v) is 5.36. The number of carbonyl (C=O) groups excluding carboxylic acids is 1. The number of halogens is 7. The molecule has 0 radical (unpaired) electrons. The van der Waals surface area contributed by atoms with Gasteiger partial charge in [-0.2, -0.15) is 31.4 Å². The fourth-order valence-electron chi connectivity index (χ4n) is 4.48. The van der Waals surface area contributed by atoms with Crippen LogP contribution in [0.3, 0.4) is 0 Å². The second-order valence-corrected chi connectivity index (χ2v) is 10.2. The first-order chi connectivity index (χ1) is 18.2. The minimum atomic E-state index is -4.62. The van der Waals surface area contributed by atoms with Gasteiger partial charge >= 0.3 is 12.4 Å². The lowest BCUT2D eigenvalue weighted by Gasteiger charge is -2.28. The van der Waals surface area contributed by atoms with Crippen LogP contribution in [0.25, 0.3) is 0 Å². The molecule has 206 valence electrons. The molecule has 1 aliphatic rings. The van der Waals surface area contributed by atoms with E-state index in [1.54, 1.807) is 6.26 Å². The van der Waals surface area contributed by atoms with Gasteiger partial charge in [0.05, 0.1) is 39.5 Å². The molecule has 1 amide bonds. The number of anilines is 1. The van der Waals surface area contributed by atoms with Gasteiger partial charge in [-0.1, -0.05) is 48.0 Å². The molecule has 0 spiro atoms. The molecule has 0 bridgehead atoms. The highest BCUT2D eigenvalue weighted by Gasteiger charge is 2.42. The molecule has 4 rings (SSSR count). The van der Waals surface area contributed by atoms with Crippen molar-refractivity contribution in [3.63, 3.8) is 0 Å². The Hall–Kier alpha value is -3.18. The molecule has 3 aromatic rings. The van der Waals surface area contributed by atoms with Gasteiger partial charge in [-0.25, -0.2) is 0 Å². The summed E-state index contributed by atoms with van der Waals surface area (Å²) in [7, 11) is 0. The summed E-state index contributed by atoms with van der Waals surface area (Å²) in [6.07, 6.45) is -7.50. The van der Waals surface area contributed by atoms with Crippen LogP contribution in [0.1, 0.15) is 29.2 Å². The Morgan fingerprint density at radius 1 is 1.00 bits per heavy atom. The number of carbonyl (C=O) groups is 1. The summed E-state index contributed by atoms with van der Waals surface area (Å²) in [5, 5.41) is 5.66. The number of rotatable bonds is 6. The quantitative estimate of drug-likeness (QED) is 0.220. The van der Waals surface area contributed by atoms with Crippen LogP contribution in [0.2, 0.25) is 5.02 Å². The van der Waals surface area contributed by atoms with Crippen molar-refractivity contribution in [3.05, 3.63) is 100 Å². The molecule has 1 atom stereocenters. The third-order valence-electron chi connectivity index (χ3n) is 6.38. The summed E-state index contributed by atoms with van der Waals surface area (Å²) in [6.45, 7) is 1.88. The van der Waals surface area contributed by atoms with Crippen molar-refractivity contribution in [1.29, 1.82) is 0 Å². The number of hydrogen-bond acceptors (Lipinski definition) is 4. The summed E-state index contributed by atoms with van der Waals surface area (Å²) in [4.78, 5) is 13.2. The average molecular weight is 586 g/mol. The van der Waals surface area contributed by atoms with Crippen molar-refractivity contribution >= 4 is 40.9 Å². The molecule has 0 saturated heterocycles. The predicted octanol–water partition coefficient (Wildman–Crippen LogP) is 7.67. The summed E-state index contributed by atoms with van der Waals surface area (Å²) in [5.41, 5.74) is -0.692. The zero-order valence-corrected chi connectivity index (χ0v) is 22.2. The van der Waals surface area contributed by atoms with Crippen molar-refractivity contribution in [1.82, 2.24) is 5.01 Å². The lowest BCUT2D eigenvalue weighted by molar-refractivity contribution is -0.138. The topological polar surface area (TPSA) is 35.9 Å². The zero-order valence-electron chi connectivity index (χ0n) is 20.6. The van der Waals surface area contributed by atoms with Crippen LogP contribution in [0.15, 0.2) is 77.9 Å². The van der Waals surface area contributed by atoms with Crippen molar-refractivity contribution < 1.29 is 31.1 Å². The van der Waals surface area contributed by atoms with Crippen LogP contribution < -0.4 is 4.31 Å². The highest BCUT2D eigenvalue weighted by Crippen LogP contribution is 2.39. The SMILES string of the molecule is CSN(C(=O)CN1CC(C)(c2ccccc2)C(c2ccc(C(F)(F)F)c(Cl)c2)=N1)c1ccc(C(F)(F)F)cc1. The molecular formula is C27H22ClF6N3OS. The van der Waals surface area contributed by atoms with E-state index in [0.29, 0.717) is 11.3 Å². The first-order valence-electron chi connectivity index (χ1n) is 11.5. The first kappa shape index (κ1) is 28.8. The Morgan fingerprint density at radius 2 is 1.64 bits per heavy atom. The van der Waals surface area contributed by atoms with E-state index in [9.17, 15) is 31.1 Å². The van der Waals surface area contributed by atoms with Crippen molar-refractivity contribution in [2.75, 3.05) is 23.7 Å². The molecule has 0 aliphatic carbocycles. The van der Waals surface area contributed by atoms with Gasteiger partial charge in [0.25, 0.3) is 5.91 Å². The minimum absolute atomic E-state index is 0.220. The van der Waals surface area contributed by atoms with Gasteiger partial charge in [0, 0.05) is 11.8 Å². The van der Waals surface area contributed by atoms with Gasteiger partial charge in [0.2, 0.25) is 0 Å². The molecule has 1 heterocycles. The Bertz CT molecular complexity index is 1380. The Kier molecular flexibility index (Phi) is 7.96.